The number of hydrogen-bond donors (Lipinski definition) is 0. The fourth-order valence-electron chi connectivity index (χ4n) is 3.80. The molecule has 0 aliphatic heterocycles. The molecule has 4 aromatic rings. The average Bonchev–Trinajstić information content (AvgIpc) is 2.76. The first-order valence-corrected chi connectivity index (χ1v) is 10.4. The second-order valence-corrected chi connectivity index (χ2v) is 8.27. The van der Waals surface area contributed by atoms with E-state index >= 15 is 0 Å². The van der Waals surface area contributed by atoms with Gasteiger partial charge in [0, 0.05) is 18.3 Å². The zero-order chi connectivity index (χ0) is 23.0. The van der Waals surface area contributed by atoms with Crippen LogP contribution in [-0.4, -0.2) is 19.9 Å². The number of fused-ring (bicyclic) bond motifs is 2. The van der Waals surface area contributed by atoms with Gasteiger partial charge in [0.1, 0.15) is 17.4 Å². The number of pyridine rings is 2. The number of rotatable bonds is 3. The van der Waals surface area contributed by atoms with Crippen LogP contribution in [0, 0.1) is 31.1 Å². The summed E-state index contributed by atoms with van der Waals surface area (Å²) in [6.07, 6.45) is 1.66. The molecule has 0 saturated heterocycles. The minimum absolute atomic E-state index is 0.159. The highest BCUT2D eigenvalue weighted by molar-refractivity contribution is 5.96. The van der Waals surface area contributed by atoms with E-state index in [1.807, 2.05) is 45.9 Å². The number of benzene rings is 1. The summed E-state index contributed by atoms with van der Waals surface area (Å²) in [5, 5.41) is 10.2. The van der Waals surface area contributed by atoms with Crippen LogP contribution in [0.2, 0.25) is 0 Å². The summed E-state index contributed by atoms with van der Waals surface area (Å²) in [5.74, 6) is -0.276. The van der Waals surface area contributed by atoms with Crippen LogP contribution in [0.15, 0.2) is 58.4 Å². The van der Waals surface area contributed by atoms with E-state index in [0.717, 1.165) is 11.1 Å². The summed E-state index contributed by atoms with van der Waals surface area (Å²) in [5.41, 5.74) is 3.17. The zero-order valence-corrected chi connectivity index (χ0v) is 18.5. The lowest BCUT2D eigenvalue weighted by molar-refractivity contribution is 0.0996. The third kappa shape index (κ3) is 3.60. The predicted octanol–water partition coefficient (Wildman–Crippen LogP) is 3.53. The number of carbonyl (C=O) groups is 1. The molecule has 0 N–H and O–H groups in total. The first kappa shape index (κ1) is 21.2. The maximum atomic E-state index is 13.2. The van der Waals surface area contributed by atoms with Gasteiger partial charge >= 0.3 is 0 Å². The van der Waals surface area contributed by atoms with Gasteiger partial charge in [-0.25, -0.2) is 4.98 Å². The SMILES string of the molecule is Cc1ccccc1C(=O)N=c1c(C#N)cc2c(=O)n3cccc(C)c3nc2n1CC(C)C. The van der Waals surface area contributed by atoms with Crippen LogP contribution in [0.5, 0.6) is 0 Å². The van der Waals surface area contributed by atoms with Crippen molar-refractivity contribution in [2.75, 3.05) is 0 Å². The molecule has 0 spiro atoms. The molecule has 0 saturated carbocycles. The van der Waals surface area contributed by atoms with E-state index in [1.54, 1.807) is 29.0 Å². The molecule has 0 aliphatic carbocycles. The van der Waals surface area contributed by atoms with E-state index in [1.165, 1.54) is 10.5 Å². The molecule has 1 amide bonds. The van der Waals surface area contributed by atoms with Gasteiger partial charge in [-0.3, -0.25) is 14.0 Å². The highest BCUT2D eigenvalue weighted by Gasteiger charge is 2.17. The molecule has 4 rings (SSSR count). The van der Waals surface area contributed by atoms with Crippen LogP contribution < -0.4 is 11.0 Å². The van der Waals surface area contributed by atoms with E-state index in [-0.39, 0.29) is 22.5 Å². The first-order valence-electron chi connectivity index (χ1n) is 10.4. The molecule has 3 heterocycles. The maximum absolute atomic E-state index is 13.2. The Bertz CT molecular complexity index is 1550. The van der Waals surface area contributed by atoms with Crippen molar-refractivity contribution in [3.05, 3.63) is 86.8 Å². The lowest BCUT2D eigenvalue weighted by Gasteiger charge is -2.15. The molecule has 1 aromatic carbocycles. The van der Waals surface area contributed by atoms with E-state index in [9.17, 15) is 14.9 Å². The fraction of sp³-hybridized carbons (Fsp3) is 0.240. The zero-order valence-electron chi connectivity index (χ0n) is 18.5. The smallest absolute Gasteiger partial charge is 0.279 e. The van der Waals surface area contributed by atoms with E-state index < -0.39 is 5.91 Å². The molecule has 0 unspecified atom stereocenters. The van der Waals surface area contributed by atoms with Crippen molar-refractivity contribution in [2.24, 2.45) is 10.9 Å². The highest BCUT2D eigenvalue weighted by atomic mass is 16.1. The molecule has 7 nitrogen and oxygen atoms in total. The minimum Gasteiger partial charge on any atom is -0.309 e. The van der Waals surface area contributed by atoms with Crippen molar-refractivity contribution in [2.45, 2.75) is 34.2 Å². The Morgan fingerprint density at radius 3 is 2.53 bits per heavy atom. The highest BCUT2D eigenvalue weighted by Crippen LogP contribution is 2.14. The van der Waals surface area contributed by atoms with Gasteiger partial charge in [0.25, 0.3) is 11.5 Å². The molecule has 7 heteroatoms. The normalized spacial score (nSPS) is 11.9. The monoisotopic (exact) mass is 425 g/mol. The quantitative estimate of drug-likeness (QED) is 0.469. The Balaban J connectivity index is 2.15. The fourth-order valence-corrected chi connectivity index (χ4v) is 3.80. The Morgan fingerprint density at radius 2 is 1.84 bits per heavy atom. The molecule has 0 bridgehead atoms. The predicted molar refractivity (Wildman–Crippen MR) is 122 cm³/mol. The topological polar surface area (TPSA) is 92.5 Å². The number of nitrogens with zero attached hydrogens (tertiary/aromatic N) is 5. The molecule has 0 radical (unpaired) electrons. The number of nitriles is 1. The Hall–Kier alpha value is -4.05. The molecule has 0 atom stereocenters. The molecule has 160 valence electrons. The minimum atomic E-state index is -0.440. The van der Waals surface area contributed by atoms with Crippen LogP contribution >= 0.6 is 0 Å². The third-order valence-electron chi connectivity index (χ3n) is 5.36. The van der Waals surface area contributed by atoms with E-state index in [2.05, 4.69) is 11.1 Å². The lowest BCUT2D eigenvalue weighted by Crippen LogP contribution is -2.31. The molecule has 3 aromatic heterocycles. The summed E-state index contributed by atoms with van der Waals surface area (Å²) in [7, 11) is 0. The molecular formula is C25H23N5O2. The van der Waals surface area contributed by atoms with Gasteiger partial charge in [0.05, 0.1) is 10.9 Å². The average molecular weight is 425 g/mol. The van der Waals surface area contributed by atoms with E-state index in [4.69, 9.17) is 4.98 Å². The van der Waals surface area contributed by atoms with Gasteiger partial charge in [-0.2, -0.15) is 10.3 Å². The van der Waals surface area contributed by atoms with Gasteiger partial charge in [0.2, 0.25) is 0 Å². The summed E-state index contributed by atoms with van der Waals surface area (Å²) >= 11 is 0. The maximum Gasteiger partial charge on any atom is 0.279 e. The van der Waals surface area contributed by atoms with Crippen molar-refractivity contribution in [3.8, 4) is 6.07 Å². The van der Waals surface area contributed by atoms with Crippen LogP contribution in [0.4, 0.5) is 0 Å². The molecule has 32 heavy (non-hydrogen) atoms. The van der Waals surface area contributed by atoms with Crippen molar-refractivity contribution >= 4 is 22.6 Å². The van der Waals surface area contributed by atoms with Crippen molar-refractivity contribution in [1.82, 2.24) is 14.0 Å². The molecular weight excluding hydrogens is 402 g/mol. The Labute approximate surface area is 184 Å². The van der Waals surface area contributed by atoms with Crippen LogP contribution in [-0.2, 0) is 6.54 Å². The second-order valence-electron chi connectivity index (χ2n) is 8.27. The van der Waals surface area contributed by atoms with Crippen LogP contribution in [0.25, 0.3) is 16.7 Å². The first-order chi connectivity index (χ1) is 15.3. The largest absolute Gasteiger partial charge is 0.309 e. The summed E-state index contributed by atoms with van der Waals surface area (Å²) in [6, 6.07) is 14.5. The van der Waals surface area contributed by atoms with Crippen molar-refractivity contribution in [3.63, 3.8) is 0 Å². The van der Waals surface area contributed by atoms with Gasteiger partial charge in [-0.1, -0.05) is 38.1 Å². The van der Waals surface area contributed by atoms with E-state index in [0.29, 0.717) is 28.8 Å². The Kier molecular flexibility index (Phi) is 5.45. The van der Waals surface area contributed by atoms with Crippen molar-refractivity contribution in [1.29, 1.82) is 5.26 Å². The van der Waals surface area contributed by atoms with Gasteiger partial charge < -0.3 is 4.57 Å². The number of amides is 1. The number of aryl methyl sites for hydroxylation is 2. The lowest BCUT2D eigenvalue weighted by atomic mass is 10.1. The molecule has 0 fully saturated rings. The Morgan fingerprint density at radius 1 is 1.12 bits per heavy atom. The summed E-state index contributed by atoms with van der Waals surface area (Å²) in [4.78, 5) is 35.4. The number of carbonyl (C=O) groups excluding carboxylic acids is 1. The summed E-state index contributed by atoms with van der Waals surface area (Å²) < 4.78 is 3.20. The number of hydrogen-bond acceptors (Lipinski definition) is 4. The van der Waals surface area contributed by atoms with Gasteiger partial charge in [-0.05, 0) is 49.1 Å². The molecule has 0 aliphatic rings. The van der Waals surface area contributed by atoms with Gasteiger partial charge in [0.15, 0.2) is 5.49 Å². The summed E-state index contributed by atoms with van der Waals surface area (Å²) in [6.45, 7) is 8.21. The van der Waals surface area contributed by atoms with Crippen LogP contribution in [0.3, 0.4) is 0 Å². The standard InChI is InChI=1S/C25H23N5O2/c1-15(2)14-30-22(28-24(31)19-10-6-5-8-16(19)3)18(13-26)12-20-23(30)27-21-17(4)9-7-11-29(21)25(20)32/h5-12,15H,14H2,1-4H3. The van der Waals surface area contributed by atoms with Gasteiger partial charge in [-0.15, -0.1) is 0 Å². The van der Waals surface area contributed by atoms with Crippen molar-refractivity contribution < 1.29 is 4.79 Å². The third-order valence-corrected chi connectivity index (χ3v) is 5.36. The second kappa shape index (κ2) is 8.23. The van der Waals surface area contributed by atoms with Crippen LogP contribution in [0.1, 0.15) is 40.9 Å². The number of aromatic nitrogens is 3.